The molecule has 1 heterocycles. The van der Waals surface area contributed by atoms with Gasteiger partial charge in [-0.05, 0) is 30.7 Å². The lowest BCUT2D eigenvalue weighted by Crippen LogP contribution is -2.06. The van der Waals surface area contributed by atoms with E-state index in [1.54, 1.807) is 24.3 Å². The molecule has 1 fully saturated rings. The Morgan fingerprint density at radius 2 is 2.00 bits per heavy atom. The number of ether oxygens (including phenoxy) is 2. The Morgan fingerprint density at radius 3 is 2.57 bits per heavy atom. The first kappa shape index (κ1) is 9.34. The Morgan fingerprint density at radius 1 is 1.29 bits per heavy atom. The van der Waals surface area contributed by atoms with Gasteiger partial charge in [-0.15, -0.1) is 0 Å². The first-order chi connectivity index (χ1) is 6.79. The van der Waals surface area contributed by atoms with Crippen LogP contribution in [0.1, 0.15) is 13.3 Å². The van der Waals surface area contributed by atoms with Gasteiger partial charge in [0.1, 0.15) is 24.2 Å². The SMILES string of the molecule is CCC1OC1COc1ccc(O)cc1. The molecule has 0 spiro atoms. The lowest BCUT2D eigenvalue weighted by molar-refractivity contribution is 0.259. The Balaban J connectivity index is 1.78. The van der Waals surface area contributed by atoms with Crippen LogP contribution in [-0.4, -0.2) is 23.9 Å². The molecule has 14 heavy (non-hydrogen) atoms. The third-order valence-corrected chi connectivity index (χ3v) is 2.34. The van der Waals surface area contributed by atoms with Crippen LogP contribution in [0, 0.1) is 0 Å². The molecule has 3 heteroatoms. The number of phenolic OH excluding ortho intramolecular Hbond substituents is 1. The highest BCUT2D eigenvalue weighted by molar-refractivity contribution is 5.30. The van der Waals surface area contributed by atoms with Gasteiger partial charge in [0, 0.05) is 0 Å². The second-order valence-electron chi connectivity index (χ2n) is 3.43. The molecule has 1 aliphatic rings. The van der Waals surface area contributed by atoms with Crippen LogP contribution in [0.25, 0.3) is 0 Å². The van der Waals surface area contributed by atoms with E-state index in [1.807, 2.05) is 0 Å². The molecule has 1 aliphatic heterocycles. The first-order valence-electron chi connectivity index (χ1n) is 4.87. The van der Waals surface area contributed by atoms with E-state index in [2.05, 4.69) is 6.92 Å². The van der Waals surface area contributed by atoms with Crippen molar-refractivity contribution in [1.29, 1.82) is 0 Å². The third kappa shape index (κ3) is 2.17. The maximum Gasteiger partial charge on any atom is 0.119 e. The molecule has 0 bridgehead atoms. The maximum absolute atomic E-state index is 9.05. The number of benzene rings is 1. The Hall–Kier alpha value is -1.22. The molecule has 1 saturated heterocycles. The van der Waals surface area contributed by atoms with Crippen molar-refractivity contribution in [3.05, 3.63) is 24.3 Å². The van der Waals surface area contributed by atoms with Gasteiger partial charge in [-0.25, -0.2) is 0 Å². The second kappa shape index (κ2) is 3.88. The summed E-state index contributed by atoms with van der Waals surface area (Å²) >= 11 is 0. The van der Waals surface area contributed by atoms with Crippen LogP contribution in [0.4, 0.5) is 0 Å². The number of epoxide rings is 1. The van der Waals surface area contributed by atoms with E-state index in [1.165, 1.54) is 0 Å². The van der Waals surface area contributed by atoms with Gasteiger partial charge < -0.3 is 14.6 Å². The first-order valence-corrected chi connectivity index (χ1v) is 4.87. The van der Waals surface area contributed by atoms with Crippen molar-refractivity contribution in [2.45, 2.75) is 25.6 Å². The van der Waals surface area contributed by atoms with Crippen molar-refractivity contribution < 1.29 is 14.6 Å². The topological polar surface area (TPSA) is 42.0 Å². The average molecular weight is 194 g/mol. The van der Waals surface area contributed by atoms with E-state index in [0.717, 1.165) is 12.2 Å². The lowest BCUT2D eigenvalue weighted by Gasteiger charge is -2.03. The van der Waals surface area contributed by atoms with Gasteiger partial charge in [0.05, 0.1) is 6.10 Å². The van der Waals surface area contributed by atoms with Crippen LogP contribution < -0.4 is 4.74 Å². The molecule has 0 radical (unpaired) electrons. The largest absolute Gasteiger partial charge is 0.508 e. The normalized spacial score (nSPS) is 24.6. The molecule has 0 amide bonds. The molecule has 3 nitrogen and oxygen atoms in total. The molecule has 0 aromatic heterocycles. The van der Waals surface area contributed by atoms with Crippen LogP contribution in [0.2, 0.25) is 0 Å². The highest BCUT2D eigenvalue weighted by Crippen LogP contribution is 2.26. The zero-order valence-corrected chi connectivity index (χ0v) is 8.14. The van der Waals surface area contributed by atoms with Crippen LogP contribution in [0.15, 0.2) is 24.3 Å². The second-order valence-corrected chi connectivity index (χ2v) is 3.43. The van der Waals surface area contributed by atoms with Crippen molar-refractivity contribution >= 4 is 0 Å². The Kier molecular flexibility index (Phi) is 2.59. The number of hydrogen-bond acceptors (Lipinski definition) is 3. The molecular weight excluding hydrogens is 180 g/mol. The predicted molar refractivity (Wildman–Crippen MR) is 52.6 cm³/mol. The molecule has 2 atom stereocenters. The monoisotopic (exact) mass is 194 g/mol. The van der Waals surface area contributed by atoms with Gasteiger partial charge in [-0.2, -0.15) is 0 Å². The number of hydrogen-bond donors (Lipinski definition) is 1. The average Bonchev–Trinajstić information content (AvgIpc) is 2.96. The maximum atomic E-state index is 9.05. The fourth-order valence-corrected chi connectivity index (χ4v) is 1.41. The molecule has 0 saturated carbocycles. The Labute approximate surface area is 83.3 Å². The van der Waals surface area contributed by atoms with Crippen molar-refractivity contribution in [3.8, 4) is 11.5 Å². The van der Waals surface area contributed by atoms with Crippen LogP contribution in [0.5, 0.6) is 11.5 Å². The van der Waals surface area contributed by atoms with E-state index < -0.39 is 0 Å². The molecule has 76 valence electrons. The molecule has 2 unspecified atom stereocenters. The van der Waals surface area contributed by atoms with Gasteiger partial charge >= 0.3 is 0 Å². The number of phenols is 1. The summed E-state index contributed by atoms with van der Waals surface area (Å²) in [7, 11) is 0. The van der Waals surface area contributed by atoms with Gasteiger partial charge in [-0.3, -0.25) is 0 Å². The zero-order chi connectivity index (χ0) is 9.97. The minimum atomic E-state index is 0.256. The van der Waals surface area contributed by atoms with E-state index >= 15 is 0 Å². The third-order valence-electron chi connectivity index (χ3n) is 2.34. The summed E-state index contributed by atoms with van der Waals surface area (Å²) in [6.45, 7) is 2.70. The van der Waals surface area contributed by atoms with Gasteiger partial charge in [0.2, 0.25) is 0 Å². The summed E-state index contributed by atoms with van der Waals surface area (Å²) in [5.41, 5.74) is 0. The molecule has 1 aromatic rings. The van der Waals surface area contributed by atoms with Gasteiger partial charge in [0.15, 0.2) is 0 Å². The van der Waals surface area contributed by atoms with Crippen LogP contribution in [-0.2, 0) is 4.74 Å². The van der Waals surface area contributed by atoms with Crippen molar-refractivity contribution in [1.82, 2.24) is 0 Å². The minimum Gasteiger partial charge on any atom is -0.508 e. The zero-order valence-electron chi connectivity index (χ0n) is 8.14. The summed E-state index contributed by atoms with van der Waals surface area (Å²) in [6, 6.07) is 6.72. The van der Waals surface area contributed by atoms with E-state index in [4.69, 9.17) is 14.6 Å². The standard InChI is InChI=1S/C11H14O3/c1-2-10-11(14-10)7-13-9-5-3-8(12)4-6-9/h3-6,10-12H,2,7H2,1H3. The van der Waals surface area contributed by atoms with Gasteiger partial charge in [-0.1, -0.05) is 6.92 Å². The summed E-state index contributed by atoms with van der Waals surface area (Å²) < 4.78 is 10.8. The highest BCUT2D eigenvalue weighted by atomic mass is 16.6. The van der Waals surface area contributed by atoms with Crippen molar-refractivity contribution in [3.63, 3.8) is 0 Å². The summed E-state index contributed by atoms with van der Waals surface area (Å²) in [6.07, 6.45) is 1.68. The lowest BCUT2D eigenvalue weighted by atomic mass is 10.3. The molecule has 1 aromatic carbocycles. The van der Waals surface area contributed by atoms with Crippen LogP contribution >= 0.6 is 0 Å². The molecule has 2 rings (SSSR count). The molecular formula is C11H14O3. The minimum absolute atomic E-state index is 0.256. The van der Waals surface area contributed by atoms with E-state index in [-0.39, 0.29) is 11.9 Å². The summed E-state index contributed by atoms with van der Waals surface area (Å²) in [5, 5.41) is 9.05. The van der Waals surface area contributed by atoms with Crippen LogP contribution in [0.3, 0.4) is 0 Å². The smallest absolute Gasteiger partial charge is 0.119 e. The summed E-state index contributed by atoms with van der Waals surface area (Å²) in [4.78, 5) is 0. The van der Waals surface area contributed by atoms with E-state index in [9.17, 15) is 0 Å². The quantitative estimate of drug-likeness (QED) is 0.745. The number of aromatic hydroxyl groups is 1. The Bertz CT molecular complexity index is 294. The number of rotatable bonds is 4. The fraction of sp³-hybridized carbons (Fsp3) is 0.455. The van der Waals surface area contributed by atoms with Gasteiger partial charge in [0.25, 0.3) is 0 Å². The van der Waals surface area contributed by atoms with E-state index in [0.29, 0.717) is 12.7 Å². The fourth-order valence-electron chi connectivity index (χ4n) is 1.41. The molecule has 1 N–H and O–H groups in total. The van der Waals surface area contributed by atoms with Crippen molar-refractivity contribution in [2.75, 3.05) is 6.61 Å². The highest BCUT2D eigenvalue weighted by Gasteiger charge is 2.37. The van der Waals surface area contributed by atoms with Crippen molar-refractivity contribution in [2.24, 2.45) is 0 Å². The molecule has 0 aliphatic carbocycles. The summed E-state index contributed by atoms with van der Waals surface area (Å²) in [5.74, 6) is 1.03. The predicted octanol–water partition coefficient (Wildman–Crippen LogP) is 1.95.